The Kier molecular flexibility index (Phi) is 5.62. The summed E-state index contributed by atoms with van der Waals surface area (Å²) in [7, 11) is 3.87. The molecule has 0 aliphatic heterocycles. The number of anilines is 1. The highest BCUT2D eigenvalue weighted by atomic mass is 19.4. The molecule has 0 aliphatic carbocycles. The van der Waals surface area contributed by atoms with Gasteiger partial charge in [0.25, 0.3) is 0 Å². The third-order valence-electron chi connectivity index (χ3n) is 3.16. The minimum Gasteiger partial charge on any atom is -0.381 e. The molecule has 0 fully saturated rings. The van der Waals surface area contributed by atoms with E-state index in [4.69, 9.17) is 5.26 Å². The number of halogens is 3. The Hall–Kier alpha value is -1.74. The molecule has 0 heterocycles. The van der Waals surface area contributed by atoms with Gasteiger partial charge in [0.05, 0.1) is 17.2 Å². The molecule has 6 heteroatoms. The van der Waals surface area contributed by atoms with Crippen molar-refractivity contribution >= 4 is 5.69 Å². The Bertz CT molecular complexity index is 516. The highest BCUT2D eigenvalue weighted by Gasteiger charge is 2.33. The van der Waals surface area contributed by atoms with Crippen LogP contribution in [0.4, 0.5) is 18.9 Å². The number of nitriles is 1. The molecule has 1 aromatic rings. The maximum atomic E-state index is 12.8. The van der Waals surface area contributed by atoms with E-state index < -0.39 is 11.7 Å². The molecule has 0 bridgehead atoms. The van der Waals surface area contributed by atoms with Gasteiger partial charge in [-0.25, -0.2) is 0 Å². The number of hydrogen-bond donors (Lipinski definition) is 1. The van der Waals surface area contributed by atoms with Crippen molar-refractivity contribution in [2.45, 2.75) is 26.1 Å². The molecule has 1 rings (SSSR count). The average molecular weight is 299 g/mol. The summed E-state index contributed by atoms with van der Waals surface area (Å²) in [5, 5.41) is 12.1. The van der Waals surface area contributed by atoms with Crippen LogP contribution in [0, 0.1) is 17.2 Å². The Morgan fingerprint density at radius 2 is 1.90 bits per heavy atom. The summed E-state index contributed by atoms with van der Waals surface area (Å²) in [6.07, 6.45) is -4.51. The van der Waals surface area contributed by atoms with Gasteiger partial charge in [0, 0.05) is 18.3 Å². The fraction of sp³-hybridized carbons (Fsp3) is 0.533. The zero-order valence-corrected chi connectivity index (χ0v) is 12.6. The highest BCUT2D eigenvalue weighted by molar-refractivity contribution is 5.54. The van der Waals surface area contributed by atoms with Crippen LogP contribution in [0.2, 0.25) is 0 Å². The molecular weight excluding hydrogens is 279 g/mol. The molecule has 0 aliphatic rings. The minimum atomic E-state index is -4.51. The summed E-state index contributed by atoms with van der Waals surface area (Å²) >= 11 is 0. The number of nitrogens with zero attached hydrogens (tertiary/aromatic N) is 2. The maximum Gasteiger partial charge on any atom is 0.417 e. The second kappa shape index (κ2) is 6.81. The van der Waals surface area contributed by atoms with E-state index in [2.05, 4.69) is 5.32 Å². The summed E-state index contributed by atoms with van der Waals surface area (Å²) in [6.45, 7) is 4.83. The van der Waals surface area contributed by atoms with E-state index in [0.29, 0.717) is 11.6 Å². The van der Waals surface area contributed by atoms with Crippen LogP contribution in [0.25, 0.3) is 0 Å². The first kappa shape index (κ1) is 17.3. The number of alkyl halides is 3. The largest absolute Gasteiger partial charge is 0.417 e. The maximum absolute atomic E-state index is 12.8. The smallest absolute Gasteiger partial charge is 0.381 e. The lowest BCUT2D eigenvalue weighted by atomic mass is 10.0. The molecule has 0 spiro atoms. The third kappa shape index (κ3) is 4.94. The summed E-state index contributed by atoms with van der Waals surface area (Å²) in [6, 6.07) is 5.28. The molecule has 1 aromatic carbocycles. The first-order valence-corrected chi connectivity index (χ1v) is 6.67. The van der Waals surface area contributed by atoms with E-state index in [1.54, 1.807) is 6.07 Å². The predicted molar refractivity (Wildman–Crippen MR) is 77.0 cm³/mol. The predicted octanol–water partition coefficient (Wildman–Crippen LogP) is 3.58. The van der Waals surface area contributed by atoms with Crippen LogP contribution in [0.3, 0.4) is 0 Å². The number of likely N-dealkylation sites (N-methyl/N-ethyl adjacent to an activating group) is 1. The van der Waals surface area contributed by atoms with Gasteiger partial charge in [-0.05, 0) is 38.2 Å². The van der Waals surface area contributed by atoms with E-state index in [0.717, 1.165) is 12.6 Å². The van der Waals surface area contributed by atoms with Crippen LogP contribution in [0.1, 0.15) is 25.0 Å². The SMILES string of the molecule is CC(C)C(CN(C)C)Nc1ccc(C(F)(F)F)c(C#N)c1. The standard InChI is InChI=1S/C15H20F3N3/c1-10(2)14(9-21(3)4)20-12-5-6-13(15(16,17)18)11(7-12)8-19/h5-7,10,14,20H,9H2,1-4H3. The second-order valence-corrected chi connectivity index (χ2v) is 5.63. The van der Waals surface area contributed by atoms with Crippen molar-refractivity contribution < 1.29 is 13.2 Å². The molecule has 0 amide bonds. The summed E-state index contributed by atoms with van der Waals surface area (Å²) in [5.74, 6) is 0.306. The van der Waals surface area contributed by atoms with E-state index in [-0.39, 0.29) is 11.6 Å². The second-order valence-electron chi connectivity index (χ2n) is 5.63. The van der Waals surface area contributed by atoms with Crippen molar-refractivity contribution in [1.29, 1.82) is 5.26 Å². The molecular formula is C15H20F3N3. The van der Waals surface area contributed by atoms with Crippen LogP contribution in [0.5, 0.6) is 0 Å². The number of benzene rings is 1. The van der Waals surface area contributed by atoms with E-state index in [1.807, 2.05) is 32.8 Å². The molecule has 21 heavy (non-hydrogen) atoms. The molecule has 0 radical (unpaired) electrons. The molecule has 116 valence electrons. The Balaban J connectivity index is 3.02. The van der Waals surface area contributed by atoms with Crippen LogP contribution in [-0.4, -0.2) is 31.6 Å². The molecule has 1 unspecified atom stereocenters. The molecule has 0 saturated carbocycles. The lowest BCUT2D eigenvalue weighted by Gasteiger charge is -2.27. The van der Waals surface area contributed by atoms with Gasteiger partial charge in [0.2, 0.25) is 0 Å². The molecule has 1 atom stereocenters. The van der Waals surface area contributed by atoms with E-state index in [9.17, 15) is 13.2 Å². The normalized spacial score (nSPS) is 13.3. The van der Waals surface area contributed by atoms with Crippen molar-refractivity contribution in [3.63, 3.8) is 0 Å². The monoisotopic (exact) mass is 299 g/mol. The first-order valence-electron chi connectivity index (χ1n) is 6.67. The van der Waals surface area contributed by atoms with Crippen molar-refractivity contribution in [3.8, 4) is 6.07 Å². The topological polar surface area (TPSA) is 39.1 Å². The quantitative estimate of drug-likeness (QED) is 0.903. The molecule has 0 saturated heterocycles. The van der Waals surface area contributed by atoms with Gasteiger partial charge in [-0.2, -0.15) is 18.4 Å². The van der Waals surface area contributed by atoms with Crippen molar-refractivity contribution in [1.82, 2.24) is 4.90 Å². The summed E-state index contributed by atoms with van der Waals surface area (Å²) in [5.41, 5.74) is -0.732. The Labute approximate surface area is 123 Å². The van der Waals surface area contributed by atoms with Crippen molar-refractivity contribution in [3.05, 3.63) is 29.3 Å². The first-order chi connectivity index (χ1) is 9.65. The fourth-order valence-electron chi connectivity index (χ4n) is 2.00. The van der Waals surface area contributed by atoms with Gasteiger partial charge < -0.3 is 10.2 Å². The van der Waals surface area contributed by atoms with Gasteiger partial charge in [-0.3, -0.25) is 0 Å². The van der Waals surface area contributed by atoms with Gasteiger partial charge in [0.1, 0.15) is 0 Å². The lowest BCUT2D eigenvalue weighted by molar-refractivity contribution is -0.137. The van der Waals surface area contributed by atoms with Crippen LogP contribution >= 0.6 is 0 Å². The fourth-order valence-corrected chi connectivity index (χ4v) is 2.00. The molecule has 3 nitrogen and oxygen atoms in total. The molecule has 0 aromatic heterocycles. The average Bonchev–Trinajstić information content (AvgIpc) is 2.35. The summed E-state index contributed by atoms with van der Waals surface area (Å²) < 4.78 is 38.3. The highest BCUT2D eigenvalue weighted by Crippen LogP contribution is 2.33. The zero-order chi connectivity index (χ0) is 16.2. The van der Waals surface area contributed by atoms with Gasteiger partial charge >= 0.3 is 6.18 Å². The number of hydrogen-bond acceptors (Lipinski definition) is 3. The summed E-state index contributed by atoms with van der Waals surface area (Å²) in [4.78, 5) is 2.01. The van der Waals surface area contributed by atoms with E-state index >= 15 is 0 Å². The van der Waals surface area contributed by atoms with Gasteiger partial charge in [0.15, 0.2) is 0 Å². The Morgan fingerprint density at radius 1 is 1.29 bits per heavy atom. The number of nitrogens with one attached hydrogen (secondary N) is 1. The third-order valence-corrected chi connectivity index (χ3v) is 3.16. The van der Waals surface area contributed by atoms with Crippen LogP contribution in [0.15, 0.2) is 18.2 Å². The van der Waals surface area contributed by atoms with Crippen LogP contribution < -0.4 is 5.32 Å². The van der Waals surface area contributed by atoms with Gasteiger partial charge in [-0.1, -0.05) is 13.8 Å². The lowest BCUT2D eigenvalue weighted by Crippen LogP contribution is -2.36. The van der Waals surface area contributed by atoms with Crippen LogP contribution in [-0.2, 0) is 6.18 Å². The van der Waals surface area contributed by atoms with E-state index in [1.165, 1.54) is 12.1 Å². The number of rotatable bonds is 5. The zero-order valence-electron chi connectivity index (χ0n) is 12.6. The van der Waals surface area contributed by atoms with Crippen molar-refractivity contribution in [2.75, 3.05) is 26.0 Å². The van der Waals surface area contributed by atoms with Gasteiger partial charge in [-0.15, -0.1) is 0 Å². The van der Waals surface area contributed by atoms with Crippen molar-refractivity contribution in [2.24, 2.45) is 5.92 Å². The molecule has 1 N–H and O–H groups in total. The minimum absolute atomic E-state index is 0.0864. The Morgan fingerprint density at radius 3 is 2.33 bits per heavy atom.